The topological polar surface area (TPSA) is 282 Å². The quantitative estimate of drug-likeness (QED) is 0.0403. The maximum Gasteiger partial charge on any atom is 0.305 e. The molecule has 48 heavy (non-hydrogen) atoms. The molecule has 1 aliphatic heterocycles. The molecule has 0 unspecified atom stereocenters. The first-order valence-corrected chi connectivity index (χ1v) is 17.2. The number of nitrogens with one attached hydrogen (secondary N) is 4. The molecular formula is C29H43N9O8S2. The Hall–Kier alpha value is -4.36. The van der Waals surface area contributed by atoms with Gasteiger partial charge in [-0.25, -0.2) is 0 Å². The molecule has 0 aromatic heterocycles. The van der Waals surface area contributed by atoms with Crippen LogP contribution < -0.4 is 38.5 Å². The van der Waals surface area contributed by atoms with Crippen molar-refractivity contribution in [3.05, 3.63) is 35.9 Å². The molecule has 0 spiro atoms. The van der Waals surface area contributed by atoms with Crippen molar-refractivity contribution in [1.82, 2.24) is 26.2 Å². The first kappa shape index (κ1) is 39.8. The molecule has 1 aromatic carbocycles. The number of Topliss-reactive ketones (excluding diaryl/α,β-unsaturated/α-hetero) is 1. The smallest absolute Gasteiger partial charge is 0.305 e. The summed E-state index contributed by atoms with van der Waals surface area (Å²) in [5.41, 5.74) is 16.9. The van der Waals surface area contributed by atoms with Crippen molar-refractivity contribution in [3.8, 4) is 0 Å². The van der Waals surface area contributed by atoms with E-state index in [1.807, 2.05) is 0 Å². The maximum absolute atomic E-state index is 13.9. The van der Waals surface area contributed by atoms with Crippen LogP contribution in [-0.4, -0.2) is 119 Å². The van der Waals surface area contributed by atoms with Crippen LogP contribution in [0.15, 0.2) is 35.3 Å². The predicted octanol–water partition coefficient (Wildman–Crippen LogP) is -2.07. The van der Waals surface area contributed by atoms with Crippen molar-refractivity contribution in [2.45, 2.75) is 62.0 Å². The van der Waals surface area contributed by atoms with Crippen LogP contribution in [0.2, 0.25) is 0 Å². The maximum atomic E-state index is 13.9. The van der Waals surface area contributed by atoms with Gasteiger partial charge in [0.15, 0.2) is 11.7 Å². The van der Waals surface area contributed by atoms with Crippen LogP contribution >= 0.6 is 21.6 Å². The summed E-state index contributed by atoms with van der Waals surface area (Å²) in [5, 5.41) is 19.5. The number of aliphatic imine (C=N–C) groups is 1. The number of carboxylic acids is 1. The Bertz CT molecular complexity index is 1380. The van der Waals surface area contributed by atoms with Gasteiger partial charge in [0, 0.05) is 29.7 Å². The zero-order valence-electron chi connectivity index (χ0n) is 26.9. The summed E-state index contributed by atoms with van der Waals surface area (Å²) < 4.78 is -1.11. The number of primary amides is 1. The van der Waals surface area contributed by atoms with Crippen LogP contribution in [0, 0.1) is 0 Å². The Balaban J connectivity index is 2.47. The monoisotopic (exact) mass is 709 g/mol. The standard InChI is InChI=1S/C29H43N9O8S2/c1-29(2)23(24(30)43)37-25(44)17(12-22(41)42)36-21(40)14-35-26(45)19(10-7-11-33-28(31)32)38(3)27(46)18(15-47-48-29)34-13-20(39)16-8-5-4-6-9-16/h4-6,8-9,17-19,23,34H,7,10-15H2,1-3H3,(H2,30,43)(H,35,45)(H,36,40)(H,37,44)(H,41,42)(H4,31,32,33)/t17-,18-,19-,23+/m0/s1. The Morgan fingerprint density at radius 1 is 1.06 bits per heavy atom. The van der Waals surface area contributed by atoms with E-state index in [2.05, 4.69) is 26.3 Å². The number of aliphatic carboxylic acids is 1. The number of likely N-dealkylation sites (N-methyl/N-ethyl adjacent to an activating group) is 1. The second kappa shape index (κ2) is 18.8. The van der Waals surface area contributed by atoms with E-state index in [4.69, 9.17) is 17.2 Å². The summed E-state index contributed by atoms with van der Waals surface area (Å²) in [6, 6.07) is 3.40. The zero-order chi connectivity index (χ0) is 36.0. The normalized spacial score (nSPS) is 22.8. The van der Waals surface area contributed by atoms with Gasteiger partial charge in [0.25, 0.3) is 0 Å². The lowest BCUT2D eigenvalue weighted by Crippen LogP contribution is -2.59. The third-order valence-electron chi connectivity index (χ3n) is 7.18. The highest BCUT2D eigenvalue weighted by molar-refractivity contribution is 8.77. The molecule has 1 aromatic rings. The fourth-order valence-corrected chi connectivity index (χ4v) is 7.45. The SMILES string of the molecule is CN1C(=O)[C@@H](NCC(=O)c2ccccc2)CSSC(C)(C)[C@@H](C(N)=O)NC(=O)[C@H](CC(=O)O)NC(=O)CNC(=O)[C@@H]1CCCN=C(N)N. The average molecular weight is 710 g/mol. The molecular weight excluding hydrogens is 667 g/mol. The van der Waals surface area contributed by atoms with Crippen molar-refractivity contribution in [2.75, 3.05) is 32.4 Å². The van der Waals surface area contributed by atoms with Crippen molar-refractivity contribution in [2.24, 2.45) is 22.2 Å². The number of carbonyl (C=O) groups is 7. The van der Waals surface area contributed by atoms with Gasteiger partial charge < -0.3 is 43.2 Å². The number of amides is 5. The number of carbonyl (C=O) groups excluding carboxylic acids is 6. The van der Waals surface area contributed by atoms with Crippen LogP contribution in [0.3, 0.4) is 0 Å². The van der Waals surface area contributed by atoms with E-state index in [1.165, 1.54) is 11.9 Å². The Morgan fingerprint density at radius 2 is 1.73 bits per heavy atom. The first-order chi connectivity index (χ1) is 22.5. The van der Waals surface area contributed by atoms with Crippen molar-refractivity contribution in [1.29, 1.82) is 0 Å². The average Bonchev–Trinajstić information content (AvgIpc) is 3.02. The molecule has 4 atom stereocenters. The second-order valence-corrected chi connectivity index (χ2v) is 14.4. The number of carboxylic acid groups (broad SMARTS) is 1. The highest BCUT2D eigenvalue weighted by Crippen LogP contribution is 2.38. The van der Waals surface area contributed by atoms with E-state index in [0.29, 0.717) is 5.56 Å². The zero-order valence-corrected chi connectivity index (χ0v) is 28.5. The fraction of sp³-hybridized carbons (Fsp3) is 0.517. The highest BCUT2D eigenvalue weighted by atomic mass is 33.1. The molecule has 1 fully saturated rings. The third-order valence-corrected chi connectivity index (χ3v) is 10.5. The largest absolute Gasteiger partial charge is 0.481 e. The van der Waals surface area contributed by atoms with Gasteiger partial charge in [0.05, 0.1) is 25.6 Å². The van der Waals surface area contributed by atoms with Gasteiger partial charge in [-0.1, -0.05) is 51.9 Å². The lowest BCUT2D eigenvalue weighted by atomic mass is 10.0. The predicted molar refractivity (Wildman–Crippen MR) is 181 cm³/mol. The molecule has 19 heteroatoms. The molecule has 17 nitrogen and oxygen atoms in total. The minimum Gasteiger partial charge on any atom is -0.481 e. The fourth-order valence-electron chi connectivity index (χ4n) is 4.60. The van der Waals surface area contributed by atoms with Crippen LogP contribution in [0.1, 0.15) is 43.5 Å². The van der Waals surface area contributed by atoms with Gasteiger partial charge in [-0.3, -0.25) is 43.9 Å². The summed E-state index contributed by atoms with van der Waals surface area (Å²) in [5.74, 6) is -5.86. The molecule has 0 aliphatic carbocycles. The molecule has 0 saturated carbocycles. The molecule has 0 radical (unpaired) electrons. The van der Waals surface area contributed by atoms with E-state index >= 15 is 0 Å². The van der Waals surface area contributed by atoms with E-state index in [1.54, 1.807) is 44.2 Å². The first-order valence-electron chi connectivity index (χ1n) is 14.9. The molecule has 1 aliphatic rings. The minimum atomic E-state index is -1.60. The molecule has 1 heterocycles. The minimum absolute atomic E-state index is 0.0444. The third kappa shape index (κ3) is 12.7. The summed E-state index contributed by atoms with van der Waals surface area (Å²) >= 11 is 0. The van der Waals surface area contributed by atoms with E-state index in [9.17, 15) is 38.7 Å². The number of rotatable bonds is 11. The van der Waals surface area contributed by atoms with Gasteiger partial charge in [0.2, 0.25) is 29.5 Å². The Labute approximate surface area is 285 Å². The summed E-state index contributed by atoms with van der Waals surface area (Å²) in [6.45, 7) is 2.50. The van der Waals surface area contributed by atoms with Crippen molar-refractivity contribution < 1.29 is 38.7 Å². The van der Waals surface area contributed by atoms with Crippen molar-refractivity contribution in [3.63, 3.8) is 0 Å². The number of nitrogens with two attached hydrogens (primary N) is 3. The Morgan fingerprint density at radius 3 is 2.33 bits per heavy atom. The second-order valence-electron chi connectivity index (χ2n) is 11.4. The number of benzene rings is 1. The van der Waals surface area contributed by atoms with Crippen LogP contribution in [0.5, 0.6) is 0 Å². The summed E-state index contributed by atoms with van der Waals surface area (Å²) in [7, 11) is 3.67. The molecule has 264 valence electrons. The van der Waals surface area contributed by atoms with Crippen LogP contribution in [0.25, 0.3) is 0 Å². The molecule has 2 rings (SSSR count). The molecule has 5 amide bonds. The number of nitrogens with zero attached hydrogens (tertiary/aromatic N) is 2. The number of hydrogen-bond donors (Lipinski definition) is 8. The van der Waals surface area contributed by atoms with E-state index < -0.39 is 77.4 Å². The van der Waals surface area contributed by atoms with E-state index in [-0.39, 0.29) is 43.4 Å². The number of ketones is 1. The van der Waals surface area contributed by atoms with Crippen LogP contribution in [-0.2, 0) is 28.8 Å². The lowest BCUT2D eigenvalue weighted by molar-refractivity contribution is -0.141. The lowest BCUT2D eigenvalue weighted by Gasteiger charge is -2.33. The van der Waals surface area contributed by atoms with E-state index in [0.717, 1.165) is 21.6 Å². The van der Waals surface area contributed by atoms with Gasteiger partial charge >= 0.3 is 5.97 Å². The Kier molecular flexibility index (Phi) is 15.6. The highest BCUT2D eigenvalue weighted by Gasteiger charge is 2.39. The summed E-state index contributed by atoms with van der Waals surface area (Å²) in [6.07, 6.45) is -0.459. The van der Waals surface area contributed by atoms with Crippen molar-refractivity contribution >= 4 is 68.8 Å². The van der Waals surface area contributed by atoms with Gasteiger partial charge in [-0.2, -0.15) is 0 Å². The van der Waals surface area contributed by atoms with Gasteiger partial charge in [-0.05, 0) is 26.7 Å². The van der Waals surface area contributed by atoms with Crippen LogP contribution in [0.4, 0.5) is 0 Å². The number of hydrogen-bond acceptors (Lipinski definition) is 11. The molecule has 1 saturated heterocycles. The molecule has 11 N–H and O–H groups in total. The number of guanidine groups is 1. The van der Waals surface area contributed by atoms with Gasteiger partial charge in [0.1, 0.15) is 18.1 Å². The summed E-state index contributed by atoms with van der Waals surface area (Å²) in [4.78, 5) is 95.3. The molecule has 0 bridgehead atoms. The van der Waals surface area contributed by atoms with Gasteiger partial charge in [-0.15, -0.1) is 0 Å².